The molecule has 94 valence electrons. The minimum atomic E-state index is -0.212. The molecule has 0 aliphatic carbocycles. The summed E-state index contributed by atoms with van der Waals surface area (Å²) < 4.78 is 19.8. The van der Waals surface area contributed by atoms with Gasteiger partial charge in [0.05, 0.1) is 6.10 Å². The molecule has 0 spiro atoms. The Morgan fingerprint density at radius 2 is 1.94 bits per heavy atom. The first-order valence-electron chi connectivity index (χ1n) is 6.24. The third-order valence-electron chi connectivity index (χ3n) is 3.28. The van der Waals surface area contributed by atoms with Gasteiger partial charge in [-0.25, -0.2) is 4.39 Å². The van der Waals surface area contributed by atoms with Crippen LogP contribution in [0.2, 0.25) is 0 Å². The van der Waals surface area contributed by atoms with E-state index in [2.05, 4.69) is 12.2 Å². The Bertz CT molecular complexity index is 382. The van der Waals surface area contributed by atoms with Crippen LogP contribution in [0.4, 0.5) is 4.39 Å². The fourth-order valence-electron chi connectivity index (χ4n) is 2.57. The molecular formula is C14H20FNO. The maximum absolute atomic E-state index is 13.8. The van der Waals surface area contributed by atoms with E-state index < -0.39 is 0 Å². The third-order valence-corrected chi connectivity index (χ3v) is 3.28. The first kappa shape index (κ1) is 12.5. The maximum atomic E-state index is 13.8. The highest BCUT2D eigenvalue weighted by molar-refractivity contribution is 5.21. The summed E-state index contributed by atoms with van der Waals surface area (Å²) in [6, 6.07) is 7.38. The lowest BCUT2D eigenvalue weighted by Crippen LogP contribution is -2.36. The minimum Gasteiger partial charge on any atom is -0.369 e. The van der Waals surface area contributed by atoms with E-state index in [9.17, 15) is 4.39 Å². The number of hydrogen-bond donors (Lipinski definition) is 1. The Morgan fingerprint density at radius 1 is 1.24 bits per heavy atom. The second kappa shape index (κ2) is 5.15. The van der Waals surface area contributed by atoms with Crippen LogP contribution in [0.15, 0.2) is 24.3 Å². The SMILES string of the molecule is CC1CC(C)OC(c2ccccc2F)C(C)N1. The van der Waals surface area contributed by atoms with E-state index in [1.165, 1.54) is 6.07 Å². The van der Waals surface area contributed by atoms with Crippen LogP contribution in [-0.4, -0.2) is 18.2 Å². The first-order valence-corrected chi connectivity index (χ1v) is 6.24. The van der Waals surface area contributed by atoms with Crippen molar-refractivity contribution in [3.05, 3.63) is 35.6 Å². The highest BCUT2D eigenvalue weighted by Crippen LogP contribution is 2.29. The molecule has 0 radical (unpaired) electrons. The summed E-state index contributed by atoms with van der Waals surface area (Å²) in [5.74, 6) is -0.187. The van der Waals surface area contributed by atoms with Gasteiger partial charge in [-0.05, 0) is 33.3 Å². The molecule has 1 heterocycles. The quantitative estimate of drug-likeness (QED) is 0.810. The average molecular weight is 237 g/mol. The molecular weight excluding hydrogens is 217 g/mol. The van der Waals surface area contributed by atoms with Crippen molar-refractivity contribution in [3.8, 4) is 0 Å². The molecule has 1 aliphatic heterocycles. The van der Waals surface area contributed by atoms with Crippen LogP contribution in [0.5, 0.6) is 0 Å². The minimum absolute atomic E-state index is 0.117. The van der Waals surface area contributed by atoms with Crippen molar-refractivity contribution in [2.24, 2.45) is 0 Å². The van der Waals surface area contributed by atoms with Gasteiger partial charge < -0.3 is 10.1 Å². The van der Waals surface area contributed by atoms with Crippen molar-refractivity contribution < 1.29 is 9.13 Å². The molecule has 0 amide bonds. The van der Waals surface area contributed by atoms with E-state index in [0.29, 0.717) is 11.6 Å². The zero-order valence-corrected chi connectivity index (χ0v) is 10.6. The molecule has 17 heavy (non-hydrogen) atoms. The Hall–Kier alpha value is -0.930. The predicted molar refractivity (Wildman–Crippen MR) is 66.4 cm³/mol. The molecule has 1 aromatic carbocycles. The summed E-state index contributed by atoms with van der Waals surface area (Å²) in [5.41, 5.74) is 0.647. The largest absolute Gasteiger partial charge is 0.369 e. The Morgan fingerprint density at radius 3 is 2.65 bits per heavy atom. The first-order chi connectivity index (χ1) is 8.08. The fraction of sp³-hybridized carbons (Fsp3) is 0.571. The molecule has 1 saturated heterocycles. The lowest BCUT2D eigenvalue weighted by Gasteiger charge is -2.25. The number of benzene rings is 1. The van der Waals surface area contributed by atoms with Gasteiger partial charge in [0.15, 0.2) is 0 Å². The monoisotopic (exact) mass is 237 g/mol. The summed E-state index contributed by atoms with van der Waals surface area (Å²) in [4.78, 5) is 0. The Kier molecular flexibility index (Phi) is 3.79. The highest BCUT2D eigenvalue weighted by atomic mass is 19.1. The van der Waals surface area contributed by atoms with Crippen LogP contribution in [-0.2, 0) is 4.74 Å². The number of hydrogen-bond acceptors (Lipinski definition) is 2. The lowest BCUT2D eigenvalue weighted by molar-refractivity contribution is -0.00963. The predicted octanol–water partition coefficient (Wildman–Crippen LogP) is 3.04. The van der Waals surface area contributed by atoms with E-state index in [-0.39, 0.29) is 24.1 Å². The van der Waals surface area contributed by atoms with E-state index in [1.54, 1.807) is 12.1 Å². The summed E-state index contributed by atoms with van der Waals surface area (Å²) in [6.45, 7) is 6.23. The molecule has 0 aromatic heterocycles. The number of ether oxygens (including phenoxy) is 1. The Labute approximate surface area is 102 Å². The van der Waals surface area contributed by atoms with Crippen LogP contribution >= 0.6 is 0 Å². The lowest BCUT2D eigenvalue weighted by atomic mass is 10.0. The normalized spacial score (nSPS) is 34.4. The average Bonchev–Trinajstić information content (AvgIpc) is 2.37. The van der Waals surface area contributed by atoms with Crippen molar-refractivity contribution in [1.29, 1.82) is 0 Å². The van der Waals surface area contributed by atoms with Crippen LogP contribution in [0.3, 0.4) is 0 Å². The van der Waals surface area contributed by atoms with Gasteiger partial charge >= 0.3 is 0 Å². The zero-order valence-electron chi connectivity index (χ0n) is 10.6. The van der Waals surface area contributed by atoms with Gasteiger partial charge in [-0.3, -0.25) is 0 Å². The molecule has 2 rings (SSSR count). The molecule has 1 fully saturated rings. The smallest absolute Gasteiger partial charge is 0.129 e. The maximum Gasteiger partial charge on any atom is 0.129 e. The summed E-state index contributed by atoms with van der Waals surface area (Å²) >= 11 is 0. The summed E-state index contributed by atoms with van der Waals surface area (Å²) in [7, 11) is 0. The topological polar surface area (TPSA) is 21.3 Å². The molecule has 1 N–H and O–H groups in total. The molecule has 0 bridgehead atoms. The van der Waals surface area contributed by atoms with Crippen LogP contribution < -0.4 is 5.32 Å². The fourth-order valence-corrected chi connectivity index (χ4v) is 2.57. The van der Waals surface area contributed by atoms with Crippen molar-refractivity contribution in [1.82, 2.24) is 5.32 Å². The molecule has 0 saturated carbocycles. The number of nitrogens with one attached hydrogen (secondary N) is 1. The number of rotatable bonds is 1. The second-order valence-corrected chi connectivity index (χ2v) is 4.98. The van der Waals surface area contributed by atoms with Crippen LogP contribution in [0.1, 0.15) is 38.9 Å². The summed E-state index contributed by atoms with van der Waals surface area (Å²) in [5, 5.41) is 3.46. The number of halogens is 1. The van der Waals surface area contributed by atoms with Crippen molar-refractivity contribution in [2.45, 2.75) is 51.5 Å². The van der Waals surface area contributed by atoms with Gasteiger partial charge in [0.1, 0.15) is 11.9 Å². The molecule has 1 aromatic rings. The van der Waals surface area contributed by atoms with E-state index in [0.717, 1.165) is 6.42 Å². The van der Waals surface area contributed by atoms with Crippen molar-refractivity contribution >= 4 is 0 Å². The standard InChI is InChI=1S/C14H20FNO/c1-9-8-10(2)17-14(11(3)16-9)12-6-4-5-7-13(12)15/h4-7,9-11,14,16H,8H2,1-3H3. The van der Waals surface area contributed by atoms with Gasteiger partial charge in [0, 0.05) is 17.6 Å². The zero-order chi connectivity index (χ0) is 12.4. The van der Waals surface area contributed by atoms with Crippen LogP contribution in [0.25, 0.3) is 0 Å². The van der Waals surface area contributed by atoms with Gasteiger partial charge in [-0.2, -0.15) is 0 Å². The van der Waals surface area contributed by atoms with E-state index >= 15 is 0 Å². The third kappa shape index (κ3) is 2.85. The van der Waals surface area contributed by atoms with Gasteiger partial charge in [0.2, 0.25) is 0 Å². The van der Waals surface area contributed by atoms with Crippen molar-refractivity contribution in [2.75, 3.05) is 0 Å². The van der Waals surface area contributed by atoms with Crippen molar-refractivity contribution in [3.63, 3.8) is 0 Å². The van der Waals surface area contributed by atoms with Gasteiger partial charge in [0.25, 0.3) is 0 Å². The molecule has 4 unspecified atom stereocenters. The molecule has 4 atom stereocenters. The van der Waals surface area contributed by atoms with Gasteiger partial charge in [-0.1, -0.05) is 18.2 Å². The van der Waals surface area contributed by atoms with E-state index in [4.69, 9.17) is 4.74 Å². The molecule has 1 aliphatic rings. The van der Waals surface area contributed by atoms with E-state index in [1.807, 2.05) is 19.9 Å². The summed E-state index contributed by atoms with van der Waals surface area (Å²) in [6.07, 6.45) is 0.887. The van der Waals surface area contributed by atoms with Gasteiger partial charge in [-0.15, -0.1) is 0 Å². The second-order valence-electron chi connectivity index (χ2n) is 4.98. The molecule has 2 nitrogen and oxygen atoms in total. The van der Waals surface area contributed by atoms with Crippen LogP contribution in [0, 0.1) is 5.82 Å². The molecule has 3 heteroatoms. The highest BCUT2D eigenvalue weighted by Gasteiger charge is 2.29. The Balaban J connectivity index is 2.27.